The van der Waals surface area contributed by atoms with E-state index in [-0.39, 0.29) is 11.4 Å². The number of benzene rings is 3. The minimum absolute atomic E-state index is 0.207. The highest BCUT2D eigenvalue weighted by molar-refractivity contribution is 5.71. The van der Waals surface area contributed by atoms with Gasteiger partial charge in [-0.3, -0.25) is 0 Å². The lowest BCUT2D eigenvalue weighted by Gasteiger charge is -2.38. The molecule has 2 saturated carbocycles. The van der Waals surface area contributed by atoms with Crippen molar-refractivity contribution in [1.82, 2.24) is 0 Å². The number of unbranched alkanes of at least 4 members (excludes halogenated alkanes) is 7. The van der Waals surface area contributed by atoms with Crippen molar-refractivity contribution in [2.75, 3.05) is 0 Å². The number of hydrogen-bond acceptors (Lipinski definition) is 0. The highest BCUT2D eigenvalue weighted by atomic mass is 19.2. The fourth-order valence-electron chi connectivity index (χ4n) is 8.67. The van der Waals surface area contributed by atoms with Gasteiger partial charge in [0.05, 0.1) is 0 Å². The molecule has 5 rings (SSSR count). The fraction of sp³-hybridized carbons (Fsp3) is 0.556. The van der Waals surface area contributed by atoms with Gasteiger partial charge in [0, 0.05) is 11.1 Å². The van der Waals surface area contributed by atoms with Crippen molar-refractivity contribution < 1.29 is 13.2 Å². The van der Waals surface area contributed by atoms with Crippen LogP contribution < -0.4 is 0 Å². The summed E-state index contributed by atoms with van der Waals surface area (Å²) in [6.45, 7) is 4.33. The maximum Gasteiger partial charge on any atom is 0.166 e. The molecule has 0 bridgehead atoms. The van der Waals surface area contributed by atoms with Crippen molar-refractivity contribution in [3.8, 4) is 22.3 Å². The molecule has 0 aromatic heterocycles. The fourth-order valence-corrected chi connectivity index (χ4v) is 8.67. The first kappa shape index (κ1) is 36.5. The third kappa shape index (κ3) is 9.88. The molecule has 2 aliphatic rings. The van der Waals surface area contributed by atoms with Crippen LogP contribution >= 0.6 is 0 Å². The van der Waals surface area contributed by atoms with E-state index in [2.05, 4.69) is 32.1 Å². The van der Waals surface area contributed by atoms with Crippen LogP contribution in [-0.2, 0) is 6.42 Å². The van der Waals surface area contributed by atoms with E-state index in [4.69, 9.17) is 0 Å². The van der Waals surface area contributed by atoms with Gasteiger partial charge >= 0.3 is 0 Å². The Morgan fingerprint density at radius 2 is 1.21 bits per heavy atom. The Kier molecular flexibility index (Phi) is 14.3. The van der Waals surface area contributed by atoms with Gasteiger partial charge in [0.2, 0.25) is 0 Å². The number of allylic oxidation sites excluding steroid dienone is 2. The summed E-state index contributed by atoms with van der Waals surface area (Å²) in [5.74, 6) is 1.33. The Balaban J connectivity index is 1.11. The molecular formula is C45H59F3. The van der Waals surface area contributed by atoms with E-state index in [0.29, 0.717) is 29.0 Å². The van der Waals surface area contributed by atoms with Gasteiger partial charge in [0.15, 0.2) is 11.6 Å². The van der Waals surface area contributed by atoms with Gasteiger partial charge in [-0.1, -0.05) is 125 Å². The second-order valence-electron chi connectivity index (χ2n) is 15.0. The smallest absolute Gasteiger partial charge is 0.166 e. The topological polar surface area (TPSA) is 0 Å². The number of hydrogen-bond donors (Lipinski definition) is 0. The highest BCUT2D eigenvalue weighted by Gasteiger charge is 2.31. The van der Waals surface area contributed by atoms with Gasteiger partial charge in [-0.05, 0) is 123 Å². The summed E-state index contributed by atoms with van der Waals surface area (Å²) < 4.78 is 45.7. The summed E-state index contributed by atoms with van der Waals surface area (Å²) in [6, 6.07) is 16.4. The zero-order chi connectivity index (χ0) is 33.7. The summed E-state index contributed by atoms with van der Waals surface area (Å²) in [4.78, 5) is 0. The largest absolute Gasteiger partial charge is 0.206 e. The minimum Gasteiger partial charge on any atom is -0.206 e. The second-order valence-corrected chi connectivity index (χ2v) is 15.0. The summed E-state index contributed by atoms with van der Waals surface area (Å²) in [5.41, 5.74) is 3.72. The Morgan fingerprint density at radius 3 is 1.83 bits per heavy atom. The summed E-state index contributed by atoms with van der Waals surface area (Å²) >= 11 is 0. The van der Waals surface area contributed by atoms with Crippen LogP contribution in [0.1, 0.15) is 146 Å². The molecule has 0 aliphatic heterocycles. The van der Waals surface area contributed by atoms with Crippen molar-refractivity contribution in [2.45, 2.75) is 142 Å². The monoisotopic (exact) mass is 656 g/mol. The normalized spacial score (nSPS) is 21.6. The SMILES string of the molecule is C/C=C/CCC1CCC(C2CCC(c3ccc(-c4ccc(-c5ccc(CCCCCCCCCC)c(F)c5F)cc4)c(F)c3)CC2)CC1. The molecule has 48 heavy (non-hydrogen) atoms. The van der Waals surface area contributed by atoms with Crippen LogP contribution in [0.3, 0.4) is 0 Å². The third-order valence-electron chi connectivity index (χ3n) is 11.7. The van der Waals surface area contributed by atoms with Gasteiger partial charge in [0.1, 0.15) is 5.82 Å². The van der Waals surface area contributed by atoms with E-state index in [1.165, 1.54) is 83.5 Å². The van der Waals surface area contributed by atoms with E-state index >= 15 is 13.2 Å². The minimum atomic E-state index is -0.794. The first-order valence-electron chi connectivity index (χ1n) is 19.5. The molecule has 0 spiro atoms. The molecule has 0 nitrogen and oxygen atoms in total. The summed E-state index contributed by atoms with van der Waals surface area (Å²) in [6.07, 6.45) is 27.4. The van der Waals surface area contributed by atoms with Crippen molar-refractivity contribution >= 4 is 0 Å². The molecule has 260 valence electrons. The van der Waals surface area contributed by atoms with Crippen molar-refractivity contribution in [3.05, 3.63) is 95.3 Å². The van der Waals surface area contributed by atoms with Crippen LogP contribution in [0.25, 0.3) is 22.3 Å². The first-order chi connectivity index (χ1) is 23.5. The quantitative estimate of drug-likeness (QED) is 0.106. The molecule has 3 aromatic carbocycles. The van der Waals surface area contributed by atoms with E-state index < -0.39 is 11.6 Å². The van der Waals surface area contributed by atoms with Crippen LogP contribution in [0.4, 0.5) is 13.2 Å². The number of halogens is 3. The number of rotatable bonds is 16. The predicted octanol–water partition coefficient (Wildman–Crippen LogP) is 14.6. The first-order valence-corrected chi connectivity index (χ1v) is 19.5. The molecular weight excluding hydrogens is 597 g/mol. The average Bonchev–Trinajstić information content (AvgIpc) is 3.12. The van der Waals surface area contributed by atoms with Gasteiger partial charge in [-0.25, -0.2) is 13.2 Å². The molecule has 2 fully saturated rings. The van der Waals surface area contributed by atoms with E-state index in [9.17, 15) is 0 Å². The third-order valence-corrected chi connectivity index (χ3v) is 11.7. The van der Waals surface area contributed by atoms with Crippen molar-refractivity contribution in [3.63, 3.8) is 0 Å². The molecule has 2 aliphatic carbocycles. The van der Waals surface area contributed by atoms with Crippen LogP contribution in [0.2, 0.25) is 0 Å². The Morgan fingerprint density at radius 1 is 0.625 bits per heavy atom. The van der Waals surface area contributed by atoms with Gasteiger partial charge in [-0.15, -0.1) is 0 Å². The molecule has 3 heteroatoms. The zero-order valence-electron chi connectivity index (χ0n) is 29.7. The van der Waals surface area contributed by atoms with Crippen LogP contribution in [-0.4, -0.2) is 0 Å². The number of aryl methyl sites for hydroxylation is 1. The van der Waals surface area contributed by atoms with Crippen molar-refractivity contribution in [1.29, 1.82) is 0 Å². The lowest BCUT2D eigenvalue weighted by Crippen LogP contribution is -2.25. The van der Waals surface area contributed by atoms with Gasteiger partial charge < -0.3 is 0 Å². The average molecular weight is 657 g/mol. The molecule has 3 aromatic rings. The Bertz CT molecular complexity index is 1420. The molecule has 0 N–H and O–H groups in total. The van der Waals surface area contributed by atoms with Gasteiger partial charge in [-0.2, -0.15) is 0 Å². The predicted molar refractivity (Wildman–Crippen MR) is 198 cm³/mol. The van der Waals surface area contributed by atoms with Crippen LogP contribution in [0.5, 0.6) is 0 Å². The molecule has 0 unspecified atom stereocenters. The molecule has 0 saturated heterocycles. The summed E-state index contributed by atoms with van der Waals surface area (Å²) in [7, 11) is 0. The Hall–Kier alpha value is -2.81. The van der Waals surface area contributed by atoms with Crippen LogP contribution in [0.15, 0.2) is 66.7 Å². The van der Waals surface area contributed by atoms with E-state index in [0.717, 1.165) is 61.0 Å². The molecule has 0 radical (unpaired) electrons. The second kappa shape index (κ2) is 18.8. The standard InChI is InChI=1S/C45H59F3/c1-3-5-7-8-9-10-11-13-15-39-28-31-42(45(48)44(39)47)38-26-24-37(25-27-38)41-30-29-40(32-43(41)46)36-22-20-35(21-23-36)34-18-16-33(17-19-34)14-12-6-4-2/h4,6,24-36H,3,5,7-23H2,1-2H3/b6-4+. The maximum atomic E-state index is 15.5. The lowest BCUT2D eigenvalue weighted by atomic mass is 9.68. The van der Waals surface area contributed by atoms with Gasteiger partial charge in [0.25, 0.3) is 0 Å². The van der Waals surface area contributed by atoms with E-state index in [1.54, 1.807) is 30.3 Å². The molecule has 0 amide bonds. The highest BCUT2D eigenvalue weighted by Crippen LogP contribution is 2.45. The molecule has 0 heterocycles. The lowest BCUT2D eigenvalue weighted by molar-refractivity contribution is 0.157. The van der Waals surface area contributed by atoms with E-state index in [1.807, 2.05) is 18.2 Å². The van der Waals surface area contributed by atoms with Crippen molar-refractivity contribution in [2.24, 2.45) is 17.8 Å². The molecule has 0 atom stereocenters. The van der Waals surface area contributed by atoms with Crippen LogP contribution in [0, 0.1) is 35.2 Å². The zero-order valence-corrected chi connectivity index (χ0v) is 29.7. The maximum absolute atomic E-state index is 15.5. The summed E-state index contributed by atoms with van der Waals surface area (Å²) in [5, 5.41) is 0. The Labute approximate surface area is 289 Å².